The van der Waals surface area contributed by atoms with Gasteiger partial charge in [0.15, 0.2) is 0 Å². The lowest BCUT2D eigenvalue weighted by molar-refractivity contribution is -0.0925. The van der Waals surface area contributed by atoms with Crippen LogP contribution in [-0.2, 0) is 6.42 Å². The first-order valence-electron chi connectivity index (χ1n) is 10.6. The predicted molar refractivity (Wildman–Crippen MR) is 116 cm³/mol. The van der Waals surface area contributed by atoms with Crippen molar-refractivity contribution in [2.24, 2.45) is 11.7 Å². The highest BCUT2D eigenvalue weighted by molar-refractivity contribution is 6.05. The third-order valence-electron chi connectivity index (χ3n) is 5.38. The number of nitrogens with one attached hydrogen (secondary N) is 1. The summed E-state index contributed by atoms with van der Waals surface area (Å²) in [6.07, 6.45) is 1.43. The van der Waals surface area contributed by atoms with Crippen LogP contribution in [0.5, 0.6) is 0 Å². The average Bonchev–Trinajstić information content (AvgIpc) is 2.73. The van der Waals surface area contributed by atoms with Gasteiger partial charge in [0.05, 0.1) is 17.1 Å². The summed E-state index contributed by atoms with van der Waals surface area (Å²) in [5.74, 6) is -1.11. The summed E-state index contributed by atoms with van der Waals surface area (Å²) in [7, 11) is 0. The molecule has 2 aromatic rings. The lowest BCUT2D eigenvalue weighted by Gasteiger charge is -2.15. The van der Waals surface area contributed by atoms with Gasteiger partial charge in [0, 0.05) is 11.6 Å². The number of benzene rings is 1. The fourth-order valence-corrected chi connectivity index (χ4v) is 3.43. The molecule has 0 spiro atoms. The number of nitrogens with two attached hydrogens (primary N) is 1. The molecule has 174 valence electrons. The minimum Gasteiger partial charge on any atom is -0.395 e. The van der Waals surface area contributed by atoms with Crippen molar-refractivity contribution in [2.45, 2.75) is 58.5 Å². The van der Waals surface area contributed by atoms with E-state index < -0.39 is 29.2 Å². The summed E-state index contributed by atoms with van der Waals surface area (Å²) >= 11 is 0. The molecule has 0 amide bonds. The lowest BCUT2D eigenvalue weighted by atomic mass is 9.92. The maximum Gasteiger partial charge on any atom is 0.430 e. The van der Waals surface area contributed by atoms with Gasteiger partial charge in [-0.05, 0) is 54.7 Å². The lowest BCUT2D eigenvalue weighted by Crippen LogP contribution is -2.21. The maximum atomic E-state index is 14.4. The molecule has 2 rings (SSSR count). The number of nitrogens with zero attached hydrogens (tertiary/aromatic N) is 1. The molecule has 0 aliphatic rings. The van der Waals surface area contributed by atoms with Gasteiger partial charge in [0.25, 0.3) is 0 Å². The molecule has 1 heterocycles. The van der Waals surface area contributed by atoms with E-state index in [1.54, 1.807) is 6.07 Å². The van der Waals surface area contributed by atoms with Crippen LogP contribution in [0.4, 0.5) is 22.0 Å². The van der Waals surface area contributed by atoms with Crippen LogP contribution in [0.3, 0.4) is 0 Å². The second-order valence-corrected chi connectivity index (χ2v) is 7.84. The van der Waals surface area contributed by atoms with Gasteiger partial charge in [-0.1, -0.05) is 39.5 Å². The molecule has 32 heavy (non-hydrogen) atoms. The van der Waals surface area contributed by atoms with Crippen molar-refractivity contribution in [3.05, 3.63) is 65.0 Å². The van der Waals surface area contributed by atoms with E-state index in [1.165, 1.54) is 12.1 Å². The first kappa shape index (κ1) is 25.5. The van der Waals surface area contributed by atoms with Crippen LogP contribution in [-0.4, -0.2) is 16.9 Å². The molecule has 1 atom stereocenters. The van der Waals surface area contributed by atoms with E-state index in [0.717, 1.165) is 38.2 Å². The molecule has 0 bridgehead atoms. The monoisotopic (exact) mass is 453 g/mol. The van der Waals surface area contributed by atoms with Crippen molar-refractivity contribution in [3.63, 3.8) is 0 Å². The largest absolute Gasteiger partial charge is 0.430 e. The molecule has 8 heteroatoms. The van der Waals surface area contributed by atoms with Gasteiger partial charge in [0.1, 0.15) is 17.3 Å². The van der Waals surface area contributed by atoms with Crippen LogP contribution in [0.25, 0.3) is 11.3 Å². The molecule has 3 N–H and O–H groups in total. The molecular weight excluding hydrogens is 425 g/mol. The zero-order chi connectivity index (χ0) is 23.9. The van der Waals surface area contributed by atoms with Crippen LogP contribution < -0.4 is 5.73 Å². The third kappa shape index (κ3) is 7.14. The second kappa shape index (κ2) is 11.2. The van der Waals surface area contributed by atoms with Gasteiger partial charge in [-0.15, -0.1) is 0 Å². The summed E-state index contributed by atoms with van der Waals surface area (Å²) in [4.78, 5) is 4.17. The van der Waals surface area contributed by atoms with Gasteiger partial charge < -0.3 is 5.73 Å². The molecule has 1 unspecified atom stereocenters. The first-order chi connectivity index (χ1) is 15.0. The SMILES string of the molecule is CCCCC(CC)CCc1cc(C(=N)C=C(N)C(F)(F)F)nc(-c2ccc(F)cc2F)c1. The minimum absolute atomic E-state index is 0.00750. The van der Waals surface area contributed by atoms with E-state index in [1.807, 2.05) is 0 Å². The van der Waals surface area contributed by atoms with Crippen LogP contribution >= 0.6 is 0 Å². The summed E-state index contributed by atoms with van der Waals surface area (Å²) in [5, 5.41) is 8.05. The molecule has 0 radical (unpaired) electrons. The summed E-state index contributed by atoms with van der Waals surface area (Å²) in [6, 6.07) is 6.18. The predicted octanol–water partition coefficient (Wildman–Crippen LogP) is 6.95. The average molecular weight is 453 g/mol. The molecule has 0 saturated heterocycles. The molecule has 0 aliphatic carbocycles. The quantitative estimate of drug-likeness (QED) is 0.302. The molecule has 0 aliphatic heterocycles. The Morgan fingerprint density at radius 2 is 1.84 bits per heavy atom. The summed E-state index contributed by atoms with van der Waals surface area (Å²) in [5.41, 5.74) is 3.87. The Kier molecular flexibility index (Phi) is 8.92. The number of hydrogen-bond donors (Lipinski definition) is 2. The molecule has 0 fully saturated rings. The van der Waals surface area contributed by atoms with E-state index in [-0.39, 0.29) is 17.0 Å². The Hall–Kier alpha value is -2.77. The topological polar surface area (TPSA) is 62.8 Å². The van der Waals surface area contributed by atoms with Crippen molar-refractivity contribution >= 4 is 5.71 Å². The number of pyridine rings is 1. The highest BCUT2D eigenvalue weighted by Gasteiger charge is 2.31. The van der Waals surface area contributed by atoms with Crippen molar-refractivity contribution in [2.75, 3.05) is 0 Å². The van der Waals surface area contributed by atoms with Crippen LogP contribution in [0.2, 0.25) is 0 Å². The fourth-order valence-electron chi connectivity index (χ4n) is 3.43. The zero-order valence-electron chi connectivity index (χ0n) is 18.2. The smallest absolute Gasteiger partial charge is 0.395 e. The molecule has 1 aromatic carbocycles. The Morgan fingerprint density at radius 1 is 1.12 bits per heavy atom. The highest BCUT2D eigenvalue weighted by Crippen LogP contribution is 2.27. The van der Waals surface area contributed by atoms with Gasteiger partial charge in [-0.2, -0.15) is 13.2 Å². The second-order valence-electron chi connectivity index (χ2n) is 7.84. The highest BCUT2D eigenvalue weighted by atomic mass is 19.4. The number of allylic oxidation sites excluding steroid dienone is 2. The molecular formula is C24H28F5N3. The van der Waals surface area contributed by atoms with Crippen molar-refractivity contribution in [3.8, 4) is 11.3 Å². The van der Waals surface area contributed by atoms with Crippen molar-refractivity contribution in [1.82, 2.24) is 4.98 Å². The van der Waals surface area contributed by atoms with Crippen molar-refractivity contribution < 1.29 is 22.0 Å². The fraction of sp³-hybridized carbons (Fsp3) is 0.417. The van der Waals surface area contributed by atoms with Crippen molar-refractivity contribution in [1.29, 1.82) is 5.41 Å². The summed E-state index contributed by atoms with van der Waals surface area (Å²) in [6.45, 7) is 4.23. The Bertz CT molecular complexity index is 967. The zero-order valence-corrected chi connectivity index (χ0v) is 18.2. The molecule has 0 saturated carbocycles. The van der Waals surface area contributed by atoms with Gasteiger partial charge >= 0.3 is 6.18 Å². The summed E-state index contributed by atoms with van der Waals surface area (Å²) < 4.78 is 66.1. The Balaban J connectivity index is 2.44. The van der Waals surface area contributed by atoms with Crippen LogP contribution in [0, 0.1) is 23.0 Å². The van der Waals surface area contributed by atoms with E-state index in [2.05, 4.69) is 18.8 Å². The number of alkyl halides is 3. The first-order valence-corrected chi connectivity index (χ1v) is 10.6. The normalized spacial score (nSPS) is 13.3. The van der Waals surface area contributed by atoms with E-state index in [0.29, 0.717) is 30.0 Å². The van der Waals surface area contributed by atoms with E-state index >= 15 is 0 Å². The number of hydrogen-bond acceptors (Lipinski definition) is 3. The maximum absolute atomic E-state index is 14.4. The number of unbranched alkanes of at least 4 members (excludes halogenated alkanes) is 1. The number of halogens is 5. The Morgan fingerprint density at radius 3 is 2.44 bits per heavy atom. The third-order valence-corrected chi connectivity index (χ3v) is 5.38. The number of aromatic nitrogens is 1. The van der Waals surface area contributed by atoms with Gasteiger partial charge in [0.2, 0.25) is 0 Å². The van der Waals surface area contributed by atoms with Crippen LogP contribution in [0.15, 0.2) is 42.1 Å². The van der Waals surface area contributed by atoms with E-state index in [4.69, 9.17) is 11.1 Å². The number of rotatable bonds is 10. The van der Waals surface area contributed by atoms with E-state index in [9.17, 15) is 22.0 Å². The molecule has 3 nitrogen and oxygen atoms in total. The standard InChI is InChI=1S/C24H28F5N3/c1-3-5-6-15(4-2)7-8-16-11-21(18-10-9-17(25)13-19(18)26)32-22(12-16)20(30)14-23(31)24(27,28)29/h9-15,30H,3-8,31H2,1-2H3. The molecule has 1 aromatic heterocycles. The minimum atomic E-state index is -4.77. The van der Waals surface area contributed by atoms with Gasteiger partial charge in [-0.3, -0.25) is 5.41 Å². The van der Waals surface area contributed by atoms with Gasteiger partial charge in [-0.25, -0.2) is 13.8 Å². The Labute approximate surface area is 185 Å². The number of aryl methyl sites for hydroxylation is 1. The van der Waals surface area contributed by atoms with Crippen LogP contribution in [0.1, 0.15) is 57.2 Å².